The quantitative estimate of drug-likeness (QED) is 0.304. The van der Waals surface area contributed by atoms with Crippen LogP contribution in [0, 0.1) is 24.6 Å². The molecule has 3 aliphatic rings. The minimum absolute atomic E-state index is 0.0774. The highest BCUT2D eigenvalue weighted by Gasteiger charge is 2.28. The third-order valence-corrected chi connectivity index (χ3v) is 8.54. The number of likely N-dealkylation sites (tertiary alicyclic amines) is 1. The lowest BCUT2D eigenvalue weighted by Gasteiger charge is -2.29. The van der Waals surface area contributed by atoms with Crippen molar-refractivity contribution in [3.63, 3.8) is 0 Å². The summed E-state index contributed by atoms with van der Waals surface area (Å²) in [6.45, 7) is 3.90. The number of halogens is 2. The van der Waals surface area contributed by atoms with E-state index in [0.717, 1.165) is 30.6 Å². The average molecular weight is 547 g/mol. The van der Waals surface area contributed by atoms with E-state index >= 15 is 4.39 Å². The highest BCUT2D eigenvalue weighted by Crippen LogP contribution is 2.35. The smallest absolute Gasteiger partial charge is 0.264 e. The normalized spacial score (nSPS) is 18.1. The van der Waals surface area contributed by atoms with E-state index in [4.69, 9.17) is 4.74 Å². The molecule has 3 fully saturated rings. The molecule has 2 saturated carbocycles. The molecule has 9 heteroatoms. The monoisotopic (exact) mass is 546 g/mol. The molecule has 3 aromatic heterocycles. The van der Waals surface area contributed by atoms with Gasteiger partial charge in [0.25, 0.3) is 11.5 Å². The maximum Gasteiger partial charge on any atom is 0.264 e. The minimum Gasteiger partial charge on any atom is -0.477 e. The van der Waals surface area contributed by atoms with Gasteiger partial charge in [-0.2, -0.15) is 0 Å². The molecule has 208 valence electrons. The Bertz CT molecular complexity index is 1690. The number of aryl methyl sites for hydroxylation is 1. The van der Waals surface area contributed by atoms with E-state index in [-0.39, 0.29) is 54.0 Å². The zero-order chi connectivity index (χ0) is 27.5. The molecule has 4 aromatic rings. The van der Waals surface area contributed by atoms with Gasteiger partial charge in [0.1, 0.15) is 6.17 Å². The highest BCUT2D eigenvalue weighted by atomic mass is 19.1. The van der Waals surface area contributed by atoms with Crippen LogP contribution in [-0.4, -0.2) is 50.8 Å². The average Bonchev–Trinajstić information content (AvgIpc) is 3.89. The fourth-order valence-corrected chi connectivity index (χ4v) is 5.73. The molecule has 1 aliphatic heterocycles. The van der Waals surface area contributed by atoms with E-state index in [1.807, 2.05) is 19.1 Å². The number of pyridine rings is 2. The van der Waals surface area contributed by atoms with E-state index in [2.05, 4.69) is 9.55 Å². The van der Waals surface area contributed by atoms with Gasteiger partial charge in [-0.15, -0.1) is 0 Å². The molecule has 1 aromatic carbocycles. The van der Waals surface area contributed by atoms with Crippen molar-refractivity contribution in [2.24, 2.45) is 11.8 Å². The van der Waals surface area contributed by atoms with E-state index in [1.165, 1.54) is 23.6 Å². The number of hydrogen-bond acceptors (Lipinski definition) is 4. The first-order chi connectivity index (χ1) is 19.4. The van der Waals surface area contributed by atoms with Gasteiger partial charge in [-0.25, -0.2) is 13.8 Å². The van der Waals surface area contributed by atoms with Crippen molar-refractivity contribution in [1.29, 1.82) is 0 Å². The number of carbonyl (C=O) groups is 1. The number of alkyl halides is 1. The molecule has 2 aliphatic carbocycles. The molecule has 4 heterocycles. The maximum atomic E-state index is 16.1. The second-order valence-electron chi connectivity index (χ2n) is 11.7. The second kappa shape index (κ2) is 9.71. The lowest BCUT2D eigenvalue weighted by atomic mass is 10.1. The van der Waals surface area contributed by atoms with Crippen LogP contribution in [-0.2, 0) is 6.54 Å². The summed E-state index contributed by atoms with van der Waals surface area (Å²) in [5.41, 5.74) is 1.76. The number of ether oxygens (including phenoxy) is 1. The molecule has 0 bridgehead atoms. The van der Waals surface area contributed by atoms with Crippen LogP contribution in [0.5, 0.6) is 5.88 Å². The van der Waals surface area contributed by atoms with Crippen molar-refractivity contribution in [3.05, 3.63) is 64.0 Å². The van der Waals surface area contributed by atoms with Crippen LogP contribution < -0.4 is 10.3 Å². The number of aromatic nitrogens is 3. The molecule has 7 rings (SSSR count). The van der Waals surface area contributed by atoms with Crippen molar-refractivity contribution < 1.29 is 18.3 Å². The number of hydrogen-bond donors (Lipinski definition) is 0. The van der Waals surface area contributed by atoms with Crippen LogP contribution in [0.1, 0.15) is 54.6 Å². The van der Waals surface area contributed by atoms with Crippen LogP contribution in [0.25, 0.3) is 27.5 Å². The Morgan fingerprint density at radius 3 is 2.50 bits per heavy atom. The van der Waals surface area contributed by atoms with Crippen LogP contribution in [0.3, 0.4) is 0 Å². The van der Waals surface area contributed by atoms with Crippen LogP contribution in [0.15, 0.2) is 41.3 Å². The van der Waals surface area contributed by atoms with E-state index < -0.39 is 17.5 Å². The Morgan fingerprint density at radius 1 is 1.02 bits per heavy atom. The van der Waals surface area contributed by atoms with Crippen LogP contribution in [0.4, 0.5) is 8.78 Å². The predicted molar refractivity (Wildman–Crippen MR) is 149 cm³/mol. The van der Waals surface area contributed by atoms with Gasteiger partial charge in [-0.1, -0.05) is 0 Å². The van der Waals surface area contributed by atoms with Gasteiger partial charge in [-0.05, 0) is 81.5 Å². The standard InChI is InChI=1S/C31H32F2N4O3/c1-18-14-23-25(36(18)15-19-2-3-19)7-8-26(28(23)33)37-16-24(30(38)35-12-10-21(32)11-13-35)29-22(31(37)39)6-9-27(34-29)40-17-20-4-5-20/h6-9,14,16,19-21H,2-5,10-13,15,17H2,1H3. The number of carbonyl (C=O) groups excluding carboxylic acids is 1. The molecule has 40 heavy (non-hydrogen) atoms. The summed E-state index contributed by atoms with van der Waals surface area (Å²) in [4.78, 5) is 33.7. The lowest BCUT2D eigenvalue weighted by Crippen LogP contribution is -2.39. The van der Waals surface area contributed by atoms with Crippen LogP contribution >= 0.6 is 0 Å². The Morgan fingerprint density at radius 2 is 1.77 bits per heavy atom. The molecule has 1 amide bonds. The van der Waals surface area contributed by atoms with Gasteiger partial charge in [0.05, 0.1) is 34.3 Å². The summed E-state index contributed by atoms with van der Waals surface area (Å²) in [6, 6.07) is 8.50. The Hall–Kier alpha value is -3.75. The van der Waals surface area contributed by atoms with Crippen molar-refractivity contribution in [1.82, 2.24) is 19.0 Å². The largest absolute Gasteiger partial charge is 0.477 e. The van der Waals surface area contributed by atoms with Crippen molar-refractivity contribution in [2.75, 3.05) is 19.7 Å². The molecule has 0 radical (unpaired) electrons. The number of nitrogens with zero attached hydrogens (tertiary/aromatic N) is 4. The summed E-state index contributed by atoms with van der Waals surface area (Å²) in [7, 11) is 0. The SMILES string of the molecule is Cc1cc2c(F)c(-n3cc(C(=O)N4CCC(F)CC4)c4nc(OCC5CC5)ccc4c3=O)ccc2n1CC1CC1. The third-order valence-electron chi connectivity index (χ3n) is 8.54. The Labute approximate surface area is 230 Å². The van der Waals surface area contributed by atoms with Crippen LogP contribution in [0.2, 0.25) is 0 Å². The molecular weight excluding hydrogens is 514 g/mol. The molecule has 0 atom stereocenters. The first-order valence-electron chi connectivity index (χ1n) is 14.3. The van der Waals surface area contributed by atoms with Crippen molar-refractivity contribution >= 4 is 27.7 Å². The Balaban J connectivity index is 1.36. The number of piperidine rings is 1. The summed E-state index contributed by atoms with van der Waals surface area (Å²) in [5, 5.41) is 0.648. The summed E-state index contributed by atoms with van der Waals surface area (Å²) in [6.07, 6.45) is 5.58. The molecule has 0 spiro atoms. The summed E-state index contributed by atoms with van der Waals surface area (Å²) < 4.78 is 39.1. The molecule has 7 nitrogen and oxygen atoms in total. The number of rotatable bonds is 7. The fraction of sp³-hybridized carbons (Fsp3) is 0.452. The first-order valence-corrected chi connectivity index (χ1v) is 14.3. The number of benzene rings is 1. The summed E-state index contributed by atoms with van der Waals surface area (Å²) >= 11 is 0. The lowest BCUT2D eigenvalue weighted by molar-refractivity contribution is 0.0668. The topological polar surface area (TPSA) is 69.4 Å². The van der Waals surface area contributed by atoms with Crippen molar-refractivity contribution in [2.45, 2.75) is 58.2 Å². The van der Waals surface area contributed by atoms with E-state index in [0.29, 0.717) is 29.7 Å². The second-order valence-corrected chi connectivity index (χ2v) is 11.7. The zero-order valence-electron chi connectivity index (χ0n) is 22.5. The van der Waals surface area contributed by atoms with Gasteiger partial charge in [0.15, 0.2) is 5.82 Å². The number of fused-ring (bicyclic) bond motifs is 2. The first kappa shape index (κ1) is 25.2. The van der Waals surface area contributed by atoms with Gasteiger partial charge >= 0.3 is 0 Å². The molecule has 0 unspecified atom stereocenters. The van der Waals surface area contributed by atoms with Gasteiger partial charge in [0, 0.05) is 43.0 Å². The maximum absolute atomic E-state index is 16.1. The Kier molecular flexibility index (Phi) is 6.13. The molecule has 0 N–H and O–H groups in total. The highest BCUT2D eigenvalue weighted by molar-refractivity contribution is 6.05. The number of amides is 1. The fourth-order valence-electron chi connectivity index (χ4n) is 5.73. The molecular formula is C31H32F2N4O3. The third kappa shape index (κ3) is 4.55. The van der Waals surface area contributed by atoms with E-state index in [9.17, 15) is 14.0 Å². The van der Waals surface area contributed by atoms with Gasteiger partial charge in [-0.3, -0.25) is 14.2 Å². The van der Waals surface area contributed by atoms with Gasteiger partial charge in [0.2, 0.25) is 5.88 Å². The summed E-state index contributed by atoms with van der Waals surface area (Å²) in [5.74, 6) is 0.611. The molecule has 1 saturated heterocycles. The zero-order valence-corrected chi connectivity index (χ0v) is 22.5. The van der Waals surface area contributed by atoms with Gasteiger partial charge < -0.3 is 14.2 Å². The predicted octanol–water partition coefficient (Wildman–Crippen LogP) is 5.56. The minimum atomic E-state index is -0.938. The van der Waals surface area contributed by atoms with Crippen molar-refractivity contribution in [3.8, 4) is 11.6 Å². The van der Waals surface area contributed by atoms with E-state index in [1.54, 1.807) is 23.1 Å².